The van der Waals surface area contributed by atoms with Crippen molar-refractivity contribution < 1.29 is 9.53 Å². The highest BCUT2D eigenvalue weighted by atomic mass is 32.1. The van der Waals surface area contributed by atoms with E-state index in [0.29, 0.717) is 0 Å². The van der Waals surface area contributed by atoms with Crippen molar-refractivity contribution in [2.75, 3.05) is 13.1 Å². The van der Waals surface area contributed by atoms with Crippen LogP contribution in [-0.4, -0.2) is 35.0 Å². The molecule has 5 heteroatoms. The van der Waals surface area contributed by atoms with Gasteiger partial charge in [-0.3, -0.25) is 9.78 Å². The van der Waals surface area contributed by atoms with Crippen LogP contribution in [0.4, 0.5) is 0 Å². The van der Waals surface area contributed by atoms with Gasteiger partial charge in [-0.2, -0.15) is 11.3 Å². The number of aryl methyl sites for hydroxylation is 1. The minimum absolute atomic E-state index is 0.131. The molecule has 1 amide bonds. The number of nitrogens with zero attached hydrogens (tertiary/aromatic N) is 2. The molecule has 2 aromatic rings. The van der Waals surface area contributed by atoms with Gasteiger partial charge in [-0.05, 0) is 30.5 Å². The van der Waals surface area contributed by atoms with Crippen molar-refractivity contribution in [3.63, 3.8) is 0 Å². The molecule has 0 radical (unpaired) electrons. The number of carbonyl (C=O) groups excluding carboxylic acids is 1. The normalized spacial score (nSPS) is 16.0. The highest BCUT2D eigenvalue weighted by Crippen LogP contribution is 2.20. The van der Waals surface area contributed by atoms with Crippen LogP contribution in [-0.2, 0) is 0 Å². The molecule has 110 valence electrons. The number of hydrogen-bond acceptors (Lipinski definition) is 4. The maximum Gasteiger partial charge on any atom is 0.254 e. The summed E-state index contributed by atoms with van der Waals surface area (Å²) in [5.41, 5.74) is 1.78. The minimum Gasteiger partial charge on any atom is -0.489 e. The van der Waals surface area contributed by atoms with E-state index >= 15 is 0 Å². The van der Waals surface area contributed by atoms with Crippen molar-refractivity contribution in [3.05, 3.63) is 46.4 Å². The number of aromatic nitrogens is 1. The van der Waals surface area contributed by atoms with E-state index in [-0.39, 0.29) is 12.0 Å². The minimum atomic E-state index is 0.131. The topological polar surface area (TPSA) is 42.4 Å². The van der Waals surface area contributed by atoms with E-state index in [2.05, 4.69) is 4.98 Å². The molecule has 0 atom stereocenters. The molecule has 21 heavy (non-hydrogen) atoms. The number of hydrogen-bond donors (Lipinski definition) is 0. The van der Waals surface area contributed by atoms with Gasteiger partial charge >= 0.3 is 0 Å². The number of piperidine rings is 1. The van der Waals surface area contributed by atoms with Crippen LogP contribution in [0.3, 0.4) is 0 Å². The molecule has 4 nitrogen and oxygen atoms in total. The Morgan fingerprint density at radius 3 is 2.76 bits per heavy atom. The van der Waals surface area contributed by atoms with Gasteiger partial charge in [0.1, 0.15) is 11.9 Å². The van der Waals surface area contributed by atoms with Gasteiger partial charge in [0.2, 0.25) is 0 Å². The molecular weight excluding hydrogens is 284 g/mol. The number of ether oxygens (including phenoxy) is 1. The van der Waals surface area contributed by atoms with Crippen molar-refractivity contribution in [1.29, 1.82) is 0 Å². The van der Waals surface area contributed by atoms with E-state index in [1.807, 2.05) is 40.8 Å². The standard InChI is InChI=1S/C16H18N2O2S/c1-12-2-3-15(10-17-12)20-14-4-7-18(8-5-14)16(19)13-6-9-21-11-13/h2-3,6,9-11,14H,4-5,7-8H2,1H3. The van der Waals surface area contributed by atoms with Gasteiger partial charge in [0.25, 0.3) is 5.91 Å². The summed E-state index contributed by atoms with van der Waals surface area (Å²) in [6.45, 7) is 3.45. The first-order valence-electron chi connectivity index (χ1n) is 7.13. The summed E-state index contributed by atoms with van der Waals surface area (Å²) in [6.07, 6.45) is 3.66. The number of carbonyl (C=O) groups is 1. The van der Waals surface area contributed by atoms with Crippen LogP contribution in [0.25, 0.3) is 0 Å². The fourth-order valence-electron chi connectivity index (χ4n) is 2.46. The number of thiophene rings is 1. The van der Waals surface area contributed by atoms with Crippen LogP contribution in [0.2, 0.25) is 0 Å². The molecule has 0 unspecified atom stereocenters. The molecule has 0 spiro atoms. The predicted molar refractivity (Wildman–Crippen MR) is 82.8 cm³/mol. The molecule has 1 aliphatic rings. The number of rotatable bonds is 3. The van der Waals surface area contributed by atoms with Gasteiger partial charge in [-0.25, -0.2) is 0 Å². The molecule has 0 N–H and O–H groups in total. The average Bonchev–Trinajstić information content (AvgIpc) is 3.04. The first kappa shape index (κ1) is 14.1. The monoisotopic (exact) mass is 302 g/mol. The molecule has 3 rings (SSSR count). The average molecular weight is 302 g/mol. The molecule has 0 bridgehead atoms. The molecule has 0 aliphatic carbocycles. The van der Waals surface area contributed by atoms with Gasteiger partial charge in [-0.15, -0.1) is 0 Å². The maximum atomic E-state index is 12.2. The number of amides is 1. The van der Waals surface area contributed by atoms with E-state index in [9.17, 15) is 4.79 Å². The van der Waals surface area contributed by atoms with Crippen LogP contribution >= 0.6 is 11.3 Å². The highest BCUT2D eigenvalue weighted by molar-refractivity contribution is 7.08. The summed E-state index contributed by atoms with van der Waals surface area (Å²) in [7, 11) is 0. The van der Waals surface area contributed by atoms with Crippen molar-refractivity contribution in [1.82, 2.24) is 9.88 Å². The van der Waals surface area contributed by atoms with Crippen molar-refractivity contribution in [2.24, 2.45) is 0 Å². The highest BCUT2D eigenvalue weighted by Gasteiger charge is 2.24. The van der Waals surface area contributed by atoms with Crippen molar-refractivity contribution >= 4 is 17.2 Å². The summed E-state index contributed by atoms with van der Waals surface area (Å²) in [6, 6.07) is 5.78. The smallest absolute Gasteiger partial charge is 0.254 e. The fourth-order valence-corrected chi connectivity index (χ4v) is 3.09. The van der Waals surface area contributed by atoms with E-state index in [1.165, 1.54) is 0 Å². The second-order valence-electron chi connectivity index (χ2n) is 5.26. The van der Waals surface area contributed by atoms with Gasteiger partial charge in [0, 0.05) is 37.0 Å². The lowest BCUT2D eigenvalue weighted by atomic mass is 10.1. The van der Waals surface area contributed by atoms with Crippen molar-refractivity contribution in [3.8, 4) is 5.75 Å². The summed E-state index contributed by atoms with van der Waals surface area (Å²) < 4.78 is 5.93. The molecule has 3 heterocycles. The summed E-state index contributed by atoms with van der Waals surface area (Å²) in [5.74, 6) is 0.940. The quantitative estimate of drug-likeness (QED) is 0.875. The zero-order valence-electron chi connectivity index (χ0n) is 12.0. The lowest BCUT2D eigenvalue weighted by molar-refractivity contribution is 0.0595. The zero-order valence-corrected chi connectivity index (χ0v) is 12.8. The SMILES string of the molecule is Cc1ccc(OC2CCN(C(=O)c3ccsc3)CC2)cn1. The molecule has 1 fully saturated rings. The third kappa shape index (κ3) is 3.42. The van der Waals surface area contributed by atoms with Crippen LogP contribution in [0, 0.1) is 6.92 Å². The third-order valence-electron chi connectivity index (χ3n) is 3.68. The molecule has 2 aromatic heterocycles. The lowest BCUT2D eigenvalue weighted by Crippen LogP contribution is -2.41. The molecule has 1 saturated heterocycles. The van der Waals surface area contributed by atoms with E-state index in [4.69, 9.17) is 4.74 Å². The van der Waals surface area contributed by atoms with E-state index in [0.717, 1.165) is 42.9 Å². The Hall–Kier alpha value is -1.88. The number of likely N-dealkylation sites (tertiary alicyclic amines) is 1. The molecular formula is C16H18N2O2S. The Morgan fingerprint density at radius 1 is 1.33 bits per heavy atom. The van der Waals surface area contributed by atoms with Gasteiger partial charge in [0.05, 0.1) is 11.8 Å². The fraction of sp³-hybridized carbons (Fsp3) is 0.375. The first-order chi connectivity index (χ1) is 10.2. The van der Waals surface area contributed by atoms with E-state index < -0.39 is 0 Å². The Morgan fingerprint density at radius 2 is 2.14 bits per heavy atom. The second kappa shape index (κ2) is 6.26. The lowest BCUT2D eigenvalue weighted by Gasteiger charge is -2.32. The summed E-state index contributed by atoms with van der Waals surface area (Å²) >= 11 is 1.56. The second-order valence-corrected chi connectivity index (χ2v) is 6.04. The third-order valence-corrected chi connectivity index (χ3v) is 4.37. The van der Waals surface area contributed by atoms with Gasteiger partial charge in [-0.1, -0.05) is 0 Å². The van der Waals surface area contributed by atoms with Crippen LogP contribution in [0.1, 0.15) is 28.9 Å². The Labute approximate surface area is 128 Å². The number of pyridine rings is 1. The van der Waals surface area contributed by atoms with Gasteiger partial charge in [0.15, 0.2) is 0 Å². The molecule has 1 aliphatic heterocycles. The first-order valence-corrected chi connectivity index (χ1v) is 8.07. The Kier molecular flexibility index (Phi) is 4.20. The van der Waals surface area contributed by atoms with Crippen molar-refractivity contribution in [2.45, 2.75) is 25.9 Å². The summed E-state index contributed by atoms with van der Waals surface area (Å²) in [4.78, 5) is 18.4. The zero-order chi connectivity index (χ0) is 14.7. The largest absolute Gasteiger partial charge is 0.489 e. The molecule has 0 aromatic carbocycles. The predicted octanol–water partition coefficient (Wildman–Crippen LogP) is 3.14. The van der Waals surface area contributed by atoms with Gasteiger partial charge < -0.3 is 9.64 Å². The molecule has 0 saturated carbocycles. The van der Waals surface area contributed by atoms with Crippen LogP contribution in [0.15, 0.2) is 35.2 Å². The van der Waals surface area contributed by atoms with E-state index in [1.54, 1.807) is 17.5 Å². The summed E-state index contributed by atoms with van der Waals surface area (Å²) in [5, 5.41) is 3.84. The van der Waals surface area contributed by atoms with Crippen LogP contribution < -0.4 is 4.74 Å². The maximum absolute atomic E-state index is 12.2. The Bertz CT molecular complexity index is 587. The Balaban J connectivity index is 1.53. The van der Waals surface area contributed by atoms with Crippen LogP contribution in [0.5, 0.6) is 5.75 Å².